The number of carbonyl (C=O) groups is 5. The maximum Gasteiger partial charge on any atom is 0.409 e. The van der Waals surface area contributed by atoms with E-state index < -0.39 is 30.5 Å². The van der Waals surface area contributed by atoms with Gasteiger partial charge in [-0.2, -0.15) is 0 Å². The number of rotatable bonds is 6. The molecule has 4 rings (SSSR count). The van der Waals surface area contributed by atoms with Gasteiger partial charge < -0.3 is 19.3 Å². The van der Waals surface area contributed by atoms with Crippen molar-refractivity contribution >= 4 is 29.8 Å². The SMILES string of the molecule is CCOC(=O)N1CCN(C(=O)COC(=O)c2ccc3c(c2)C(=O)N(Cc2ccccc2)C3=O)CC1. The van der Waals surface area contributed by atoms with Gasteiger partial charge in [0.2, 0.25) is 0 Å². The normalized spacial score (nSPS) is 15.2. The molecule has 10 nitrogen and oxygen atoms in total. The molecule has 0 spiro atoms. The van der Waals surface area contributed by atoms with Crippen LogP contribution in [0.15, 0.2) is 48.5 Å². The van der Waals surface area contributed by atoms with Gasteiger partial charge in [0.1, 0.15) is 0 Å². The molecule has 10 heteroatoms. The fraction of sp³-hybridized carbons (Fsp3) is 0.320. The van der Waals surface area contributed by atoms with E-state index in [9.17, 15) is 24.0 Å². The predicted molar refractivity (Wildman–Crippen MR) is 123 cm³/mol. The van der Waals surface area contributed by atoms with Crippen LogP contribution in [0.5, 0.6) is 0 Å². The van der Waals surface area contributed by atoms with Crippen molar-refractivity contribution in [1.82, 2.24) is 14.7 Å². The Hall–Kier alpha value is -4.21. The van der Waals surface area contributed by atoms with Gasteiger partial charge in [-0.05, 0) is 30.7 Å². The van der Waals surface area contributed by atoms with Crippen LogP contribution in [-0.2, 0) is 20.8 Å². The number of hydrogen-bond acceptors (Lipinski definition) is 7. The van der Waals surface area contributed by atoms with Crippen LogP contribution >= 0.6 is 0 Å². The highest BCUT2D eigenvalue weighted by Gasteiger charge is 2.36. The molecular weight excluding hydrogens is 454 g/mol. The third-order valence-electron chi connectivity index (χ3n) is 5.88. The number of amides is 4. The van der Waals surface area contributed by atoms with Gasteiger partial charge in [-0.1, -0.05) is 30.3 Å². The molecule has 0 aliphatic carbocycles. The molecule has 0 bridgehead atoms. The van der Waals surface area contributed by atoms with Crippen molar-refractivity contribution in [3.05, 3.63) is 70.8 Å². The summed E-state index contributed by atoms with van der Waals surface area (Å²) in [5.41, 5.74) is 1.23. The fourth-order valence-corrected chi connectivity index (χ4v) is 3.98. The van der Waals surface area contributed by atoms with E-state index in [1.807, 2.05) is 30.3 Å². The molecule has 4 amide bonds. The minimum Gasteiger partial charge on any atom is -0.452 e. The van der Waals surface area contributed by atoms with Crippen LogP contribution < -0.4 is 0 Å². The summed E-state index contributed by atoms with van der Waals surface area (Å²) in [6, 6.07) is 13.3. The molecule has 2 aliphatic rings. The second-order valence-corrected chi connectivity index (χ2v) is 8.09. The second kappa shape index (κ2) is 10.4. The Morgan fingerprint density at radius 2 is 1.49 bits per heavy atom. The number of piperazine rings is 1. The number of fused-ring (bicyclic) bond motifs is 1. The van der Waals surface area contributed by atoms with Crippen LogP contribution in [0.3, 0.4) is 0 Å². The minimum absolute atomic E-state index is 0.0754. The van der Waals surface area contributed by atoms with Gasteiger partial charge in [-0.15, -0.1) is 0 Å². The van der Waals surface area contributed by atoms with Crippen molar-refractivity contribution in [1.29, 1.82) is 0 Å². The third-order valence-corrected chi connectivity index (χ3v) is 5.88. The van der Waals surface area contributed by atoms with Crippen LogP contribution in [0.2, 0.25) is 0 Å². The number of ether oxygens (including phenoxy) is 2. The highest BCUT2D eigenvalue weighted by molar-refractivity contribution is 6.21. The summed E-state index contributed by atoms with van der Waals surface area (Å²) in [7, 11) is 0. The van der Waals surface area contributed by atoms with Crippen molar-refractivity contribution in [2.24, 2.45) is 0 Å². The quantitative estimate of drug-likeness (QED) is 0.460. The zero-order valence-electron chi connectivity index (χ0n) is 19.3. The molecule has 0 radical (unpaired) electrons. The van der Waals surface area contributed by atoms with E-state index in [-0.39, 0.29) is 35.7 Å². The van der Waals surface area contributed by atoms with Crippen molar-refractivity contribution in [2.75, 3.05) is 39.4 Å². The fourth-order valence-electron chi connectivity index (χ4n) is 3.98. The molecule has 35 heavy (non-hydrogen) atoms. The molecular formula is C25H25N3O7. The van der Waals surface area contributed by atoms with Gasteiger partial charge in [0.15, 0.2) is 6.61 Å². The Morgan fingerprint density at radius 1 is 0.829 bits per heavy atom. The lowest BCUT2D eigenvalue weighted by Gasteiger charge is -2.33. The number of benzene rings is 2. The molecule has 182 valence electrons. The molecule has 2 aromatic rings. The summed E-state index contributed by atoms with van der Waals surface area (Å²) in [4.78, 5) is 66.4. The van der Waals surface area contributed by atoms with E-state index in [1.54, 1.807) is 6.92 Å². The molecule has 2 aromatic carbocycles. The highest BCUT2D eigenvalue weighted by atomic mass is 16.6. The molecule has 0 unspecified atom stereocenters. The number of nitrogens with zero attached hydrogens (tertiary/aromatic N) is 3. The molecule has 0 N–H and O–H groups in total. The minimum atomic E-state index is -0.770. The second-order valence-electron chi connectivity index (χ2n) is 8.09. The van der Waals surface area contributed by atoms with Gasteiger partial charge in [0.05, 0.1) is 29.8 Å². The Balaban J connectivity index is 1.33. The summed E-state index contributed by atoms with van der Waals surface area (Å²) in [6.07, 6.45) is -0.419. The summed E-state index contributed by atoms with van der Waals surface area (Å²) >= 11 is 0. The molecule has 1 fully saturated rings. The standard InChI is InChI=1S/C25H25N3O7/c1-2-34-25(33)27-12-10-26(11-13-27)21(29)16-35-24(32)18-8-9-19-20(14-18)23(31)28(22(19)30)15-17-6-4-3-5-7-17/h3-9,14H,2,10-13,15-16H2,1H3. The maximum atomic E-state index is 12.8. The monoisotopic (exact) mass is 479 g/mol. The first-order valence-corrected chi connectivity index (χ1v) is 11.3. The number of esters is 1. The van der Waals surface area contributed by atoms with Crippen LogP contribution in [-0.4, -0.2) is 83.9 Å². The summed E-state index contributed by atoms with van der Waals surface area (Å²) in [5.74, 6) is -2.07. The van der Waals surface area contributed by atoms with Crippen LogP contribution in [0.1, 0.15) is 43.6 Å². The van der Waals surface area contributed by atoms with Gasteiger partial charge in [0, 0.05) is 26.2 Å². The third kappa shape index (κ3) is 5.16. The molecule has 2 aliphatic heterocycles. The van der Waals surface area contributed by atoms with Crippen molar-refractivity contribution in [3.63, 3.8) is 0 Å². The lowest BCUT2D eigenvalue weighted by molar-refractivity contribution is -0.136. The van der Waals surface area contributed by atoms with E-state index in [2.05, 4.69) is 0 Å². The van der Waals surface area contributed by atoms with E-state index in [0.717, 1.165) is 10.5 Å². The summed E-state index contributed by atoms with van der Waals surface area (Å²) in [6.45, 7) is 2.94. The first-order chi connectivity index (χ1) is 16.9. The van der Waals surface area contributed by atoms with Gasteiger partial charge in [-0.3, -0.25) is 19.3 Å². The lowest BCUT2D eigenvalue weighted by Crippen LogP contribution is -2.51. The van der Waals surface area contributed by atoms with E-state index in [0.29, 0.717) is 26.2 Å². The molecule has 0 aromatic heterocycles. The lowest BCUT2D eigenvalue weighted by atomic mass is 10.1. The number of hydrogen-bond donors (Lipinski definition) is 0. The van der Waals surface area contributed by atoms with Crippen LogP contribution in [0, 0.1) is 0 Å². The molecule has 0 atom stereocenters. The Labute approximate surface area is 202 Å². The highest BCUT2D eigenvalue weighted by Crippen LogP contribution is 2.26. The van der Waals surface area contributed by atoms with Gasteiger partial charge >= 0.3 is 12.1 Å². The van der Waals surface area contributed by atoms with E-state index in [1.165, 1.54) is 28.0 Å². The van der Waals surface area contributed by atoms with Crippen LogP contribution in [0.25, 0.3) is 0 Å². The largest absolute Gasteiger partial charge is 0.452 e. The van der Waals surface area contributed by atoms with Gasteiger partial charge in [-0.25, -0.2) is 9.59 Å². The molecule has 2 heterocycles. The van der Waals surface area contributed by atoms with E-state index >= 15 is 0 Å². The molecule has 0 saturated carbocycles. The van der Waals surface area contributed by atoms with Crippen molar-refractivity contribution in [3.8, 4) is 0 Å². The first kappa shape index (κ1) is 23.9. The number of carbonyl (C=O) groups excluding carboxylic acids is 5. The first-order valence-electron chi connectivity index (χ1n) is 11.3. The Bertz CT molecular complexity index is 1160. The van der Waals surface area contributed by atoms with E-state index in [4.69, 9.17) is 9.47 Å². The average molecular weight is 479 g/mol. The predicted octanol–water partition coefficient (Wildman–Crippen LogP) is 1.94. The smallest absolute Gasteiger partial charge is 0.409 e. The van der Waals surface area contributed by atoms with Crippen molar-refractivity contribution < 1.29 is 33.4 Å². The van der Waals surface area contributed by atoms with Crippen molar-refractivity contribution in [2.45, 2.75) is 13.5 Å². The van der Waals surface area contributed by atoms with Gasteiger partial charge in [0.25, 0.3) is 17.7 Å². The molecule has 1 saturated heterocycles. The topological polar surface area (TPSA) is 114 Å². The maximum absolute atomic E-state index is 12.8. The summed E-state index contributed by atoms with van der Waals surface area (Å²) in [5, 5.41) is 0. The number of imide groups is 1. The Kier molecular flexibility index (Phi) is 7.09. The average Bonchev–Trinajstić information content (AvgIpc) is 3.12. The van der Waals surface area contributed by atoms with Crippen LogP contribution in [0.4, 0.5) is 4.79 Å². The zero-order valence-corrected chi connectivity index (χ0v) is 19.3. The summed E-state index contributed by atoms with van der Waals surface area (Å²) < 4.78 is 10.1. The zero-order chi connectivity index (χ0) is 24.9. The Morgan fingerprint density at radius 3 is 2.17 bits per heavy atom.